The molecular weight excluding hydrogens is 364 g/mol. The number of likely N-dealkylation sites (tertiary alicyclic amines) is 1. The Morgan fingerprint density at radius 2 is 1.89 bits per heavy atom. The average molecular weight is 389 g/mol. The molecule has 2 atom stereocenters. The summed E-state index contributed by atoms with van der Waals surface area (Å²) in [7, 11) is 0. The van der Waals surface area contributed by atoms with E-state index in [0.29, 0.717) is 18.2 Å². The number of hydrogen-bond acceptors (Lipinski definition) is 6. The lowest BCUT2D eigenvalue weighted by molar-refractivity contribution is 0.154. The number of pyridine rings is 2. The topological polar surface area (TPSA) is 72.7 Å². The summed E-state index contributed by atoms with van der Waals surface area (Å²) >= 11 is 6.15. The maximum Gasteiger partial charge on any atom is 0.131 e. The Kier molecular flexibility index (Phi) is 5.59. The van der Waals surface area contributed by atoms with Crippen LogP contribution in [0.2, 0.25) is 5.15 Å². The summed E-state index contributed by atoms with van der Waals surface area (Å²) in [6.45, 7) is 3.88. The molecule has 144 valence electrons. The molecule has 2 aliphatic rings. The number of nitrogens with zero attached hydrogens (tertiary/aromatic N) is 4. The van der Waals surface area contributed by atoms with Crippen LogP contribution in [0.4, 0.5) is 5.69 Å². The smallest absolute Gasteiger partial charge is 0.131 e. The molecule has 0 radical (unpaired) electrons. The van der Waals surface area contributed by atoms with Gasteiger partial charge in [0.15, 0.2) is 0 Å². The van der Waals surface area contributed by atoms with Crippen molar-refractivity contribution < 1.29 is 10.2 Å². The molecule has 4 heterocycles. The number of piperidine rings is 1. The van der Waals surface area contributed by atoms with Gasteiger partial charge < -0.3 is 15.1 Å². The summed E-state index contributed by atoms with van der Waals surface area (Å²) in [5.74, 6) is 0. The molecule has 0 aromatic carbocycles. The van der Waals surface area contributed by atoms with Crippen molar-refractivity contribution in [2.24, 2.45) is 0 Å². The van der Waals surface area contributed by atoms with Gasteiger partial charge in [0.1, 0.15) is 5.15 Å². The number of anilines is 1. The first kappa shape index (κ1) is 18.6. The van der Waals surface area contributed by atoms with E-state index in [1.165, 1.54) is 0 Å². The number of aliphatic hydroxyl groups is 2. The second-order valence-electron chi connectivity index (χ2n) is 7.48. The Labute approximate surface area is 164 Å². The quantitative estimate of drug-likeness (QED) is 0.783. The van der Waals surface area contributed by atoms with Crippen LogP contribution >= 0.6 is 11.6 Å². The fraction of sp³-hybridized carbons (Fsp3) is 0.500. The van der Waals surface area contributed by atoms with E-state index in [1.54, 1.807) is 6.20 Å². The molecule has 2 N–H and O–H groups in total. The summed E-state index contributed by atoms with van der Waals surface area (Å²) in [5, 5.41) is 20.2. The summed E-state index contributed by atoms with van der Waals surface area (Å²) in [4.78, 5) is 13.3. The first-order valence-electron chi connectivity index (χ1n) is 9.53. The van der Waals surface area contributed by atoms with E-state index in [0.717, 1.165) is 61.4 Å². The Morgan fingerprint density at radius 1 is 1.04 bits per heavy atom. The van der Waals surface area contributed by atoms with Crippen molar-refractivity contribution in [3.63, 3.8) is 0 Å². The number of halogens is 1. The van der Waals surface area contributed by atoms with Gasteiger partial charge in [0.25, 0.3) is 0 Å². The SMILES string of the molecule is OC1CCN(Cc2ccc(-c3cnc(Cl)cc3N3CCC[C@H](O)C3)cn2)C1. The van der Waals surface area contributed by atoms with Crippen LogP contribution in [0, 0.1) is 0 Å². The van der Waals surface area contributed by atoms with Crippen molar-refractivity contribution >= 4 is 17.3 Å². The Hall–Kier alpha value is -1.73. The van der Waals surface area contributed by atoms with Crippen LogP contribution in [-0.2, 0) is 6.54 Å². The number of aromatic nitrogens is 2. The highest BCUT2D eigenvalue weighted by Crippen LogP contribution is 2.33. The number of hydrogen-bond donors (Lipinski definition) is 2. The Morgan fingerprint density at radius 3 is 2.59 bits per heavy atom. The van der Waals surface area contributed by atoms with E-state index >= 15 is 0 Å². The van der Waals surface area contributed by atoms with Crippen LogP contribution in [0.1, 0.15) is 25.0 Å². The van der Waals surface area contributed by atoms with Crippen LogP contribution < -0.4 is 4.90 Å². The molecule has 0 aliphatic carbocycles. The predicted molar refractivity (Wildman–Crippen MR) is 106 cm³/mol. The van der Waals surface area contributed by atoms with E-state index in [1.807, 2.05) is 18.3 Å². The lowest BCUT2D eigenvalue weighted by Gasteiger charge is -2.33. The molecule has 0 bridgehead atoms. The molecule has 0 saturated carbocycles. The number of aliphatic hydroxyl groups excluding tert-OH is 2. The molecule has 2 saturated heterocycles. The zero-order valence-electron chi connectivity index (χ0n) is 15.3. The molecule has 2 aromatic heterocycles. The first-order valence-corrected chi connectivity index (χ1v) is 9.90. The third kappa shape index (κ3) is 4.41. The first-order chi connectivity index (χ1) is 13.1. The predicted octanol–water partition coefficient (Wildman–Crippen LogP) is 2.32. The standard InChI is InChI=1S/C20H25ClN4O2/c21-20-8-19(25-6-1-2-16(26)13-25)18(10-23-20)14-3-4-15(22-9-14)11-24-7-5-17(27)12-24/h3-4,8-10,16-17,26-27H,1-2,5-7,11-13H2/t16-,17?/m0/s1. The molecule has 27 heavy (non-hydrogen) atoms. The van der Waals surface area contributed by atoms with Gasteiger partial charge in [0.2, 0.25) is 0 Å². The second-order valence-corrected chi connectivity index (χ2v) is 7.87. The Bertz CT molecular complexity index is 786. The van der Waals surface area contributed by atoms with E-state index in [9.17, 15) is 10.2 Å². The van der Waals surface area contributed by atoms with E-state index in [-0.39, 0.29) is 12.2 Å². The lowest BCUT2D eigenvalue weighted by atomic mass is 10.0. The van der Waals surface area contributed by atoms with Crippen LogP contribution in [0.15, 0.2) is 30.6 Å². The third-order valence-electron chi connectivity index (χ3n) is 5.35. The van der Waals surface area contributed by atoms with Gasteiger partial charge in [-0.2, -0.15) is 0 Å². The van der Waals surface area contributed by atoms with Gasteiger partial charge in [-0.3, -0.25) is 9.88 Å². The number of rotatable bonds is 4. The van der Waals surface area contributed by atoms with Gasteiger partial charge in [0.05, 0.1) is 17.9 Å². The lowest BCUT2D eigenvalue weighted by Crippen LogP contribution is -2.38. The minimum absolute atomic E-state index is 0.216. The monoisotopic (exact) mass is 388 g/mol. The normalized spacial score (nSPS) is 23.7. The highest BCUT2D eigenvalue weighted by molar-refractivity contribution is 6.29. The molecule has 7 heteroatoms. The zero-order valence-corrected chi connectivity index (χ0v) is 16.0. The summed E-state index contributed by atoms with van der Waals surface area (Å²) in [5.41, 5.74) is 3.94. The molecule has 0 spiro atoms. The maximum atomic E-state index is 10.0. The average Bonchev–Trinajstić information content (AvgIpc) is 3.07. The van der Waals surface area contributed by atoms with Gasteiger partial charge in [0, 0.05) is 61.9 Å². The fourth-order valence-corrected chi connectivity index (χ4v) is 4.09. The minimum Gasteiger partial charge on any atom is -0.392 e. The van der Waals surface area contributed by atoms with Crippen molar-refractivity contribution in [3.8, 4) is 11.1 Å². The molecule has 0 amide bonds. The van der Waals surface area contributed by atoms with Gasteiger partial charge in [-0.1, -0.05) is 17.7 Å². The molecule has 6 nitrogen and oxygen atoms in total. The zero-order chi connectivity index (χ0) is 18.8. The highest BCUT2D eigenvalue weighted by Gasteiger charge is 2.22. The maximum absolute atomic E-state index is 10.0. The molecule has 2 fully saturated rings. The Balaban J connectivity index is 1.55. The van der Waals surface area contributed by atoms with E-state index in [4.69, 9.17) is 11.6 Å². The van der Waals surface area contributed by atoms with Gasteiger partial charge >= 0.3 is 0 Å². The largest absolute Gasteiger partial charge is 0.392 e. The van der Waals surface area contributed by atoms with Crippen molar-refractivity contribution in [1.82, 2.24) is 14.9 Å². The van der Waals surface area contributed by atoms with Crippen LogP contribution in [0.3, 0.4) is 0 Å². The molecule has 4 rings (SSSR count). The molecule has 2 aliphatic heterocycles. The van der Waals surface area contributed by atoms with E-state index in [2.05, 4.69) is 25.8 Å². The van der Waals surface area contributed by atoms with Crippen LogP contribution in [-0.4, -0.2) is 63.5 Å². The summed E-state index contributed by atoms with van der Waals surface area (Å²) < 4.78 is 0. The van der Waals surface area contributed by atoms with Crippen molar-refractivity contribution in [3.05, 3.63) is 41.4 Å². The number of β-amino-alcohol motifs (C(OH)–C–C–N with tert-alkyl or cyclic N) is 2. The van der Waals surface area contributed by atoms with Crippen LogP contribution in [0.25, 0.3) is 11.1 Å². The van der Waals surface area contributed by atoms with E-state index < -0.39 is 0 Å². The minimum atomic E-state index is -0.310. The van der Waals surface area contributed by atoms with Gasteiger partial charge in [-0.05, 0) is 31.4 Å². The summed E-state index contributed by atoms with van der Waals surface area (Å²) in [6, 6.07) is 5.96. The van der Waals surface area contributed by atoms with Crippen LogP contribution in [0.5, 0.6) is 0 Å². The molecule has 2 aromatic rings. The summed E-state index contributed by atoms with van der Waals surface area (Å²) in [6.07, 6.45) is 5.76. The van der Waals surface area contributed by atoms with Gasteiger partial charge in [-0.25, -0.2) is 4.98 Å². The molecule has 1 unspecified atom stereocenters. The van der Waals surface area contributed by atoms with Crippen molar-refractivity contribution in [2.75, 3.05) is 31.1 Å². The third-order valence-corrected chi connectivity index (χ3v) is 5.56. The fourth-order valence-electron chi connectivity index (χ4n) is 3.94. The van der Waals surface area contributed by atoms with Crippen molar-refractivity contribution in [1.29, 1.82) is 0 Å². The highest BCUT2D eigenvalue weighted by atomic mass is 35.5. The second kappa shape index (κ2) is 8.10. The van der Waals surface area contributed by atoms with Crippen molar-refractivity contribution in [2.45, 2.75) is 38.0 Å². The van der Waals surface area contributed by atoms with Gasteiger partial charge in [-0.15, -0.1) is 0 Å². The molecular formula is C20H25ClN4O2.